The standard InChI is InChI=1S/C19H43NO2Si.ClH/c1-23(2,3)16-14-12-10-8-6-4-5-7-9-11-13-15-19(20,17-21)18-22;/h21-22H,4-18,20H2,1-3H3;1H. The van der Waals surface area contributed by atoms with Gasteiger partial charge >= 0.3 is 0 Å². The highest BCUT2D eigenvalue weighted by Gasteiger charge is 2.21. The lowest BCUT2D eigenvalue weighted by molar-refractivity contribution is 0.112. The molecule has 0 aliphatic heterocycles. The summed E-state index contributed by atoms with van der Waals surface area (Å²) in [6.07, 6.45) is 15.3. The van der Waals surface area contributed by atoms with Crippen LogP contribution in [0, 0.1) is 0 Å². The fourth-order valence-corrected chi connectivity index (χ4v) is 4.24. The molecule has 0 aliphatic carbocycles. The van der Waals surface area contributed by atoms with E-state index >= 15 is 0 Å². The van der Waals surface area contributed by atoms with E-state index in [4.69, 9.17) is 15.9 Å². The van der Waals surface area contributed by atoms with Crippen molar-refractivity contribution in [2.24, 2.45) is 5.73 Å². The molecule has 0 saturated heterocycles. The lowest BCUT2D eigenvalue weighted by atomic mass is 9.94. The zero-order valence-corrected chi connectivity index (χ0v) is 18.3. The molecule has 0 aromatic rings. The summed E-state index contributed by atoms with van der Waals surface area (Å²) in [6.45, 7) is 7.15. The summed E-state index contributed by atoms with van der Waals surface area (Å²) in [5, 5.41) is 18.2. The molecular weight excluding hydrogens is 338 g/mol. The van der Waals surface area contributed by atoms with E-state index in [9.17, 15) is 0 Å². The first-order valence-electron chi connectivity index (χ1n) is 9.84. The molecule has 24 heavy (non-hydrogen) atoms. The topological polar surface area (TPSA) is 66.5 Å². The average Bonchev–Trinajstić information content (AvgIpc) is 2.50. The van der Waals surface area contributed by atoms with Crippen LogP contribution in [0.4, 0.5) is 0 Å². The van der Waals surface area contributed by atoms with Crippen LogP contribution in [0.15, 0.2) is 0 Å². The number of aliphatic hydroxyl groups is 2. The van der Waals surface area contributed by atoms with Gasteiger partial charge in [0, 0.05) is 8.07 Å². The molecule has 0 unspecified atom stereocenters. The maximum Gasteiger partial charge on any atom is 0.0633 e. The molecule has 4 N–H and O–H groups in total. The highest BCUT2D eigenvalue weighted by molar-refractivity contribution is 6.76. The van der Waals surface area contributed by atoms with Gasteiger partial charge in [0.1, 0.15) is 0 Å². The van der Waals surface area contributed by atoms with Crippen molar-refractivity contribution in [3.63, 3.8) is 0 Å². The molecule has 0 aromatic carbocycles. The summed E-state index contributed by atoms with van der Waals surface area (Å²) < 4.78 is 0. The Morgan fingerprint density at radius 2 is 1.00 bits per heavy atom. The van der Waals surface area contributed by atoms with Crippen LogP contribution in [0.1, 0.15) is 77.0 Å². The quantitative estimate of drug-likeness (QED) is 0.257. The summed E-state index contributed by atoms with van der Waals surface area (Å²) in [6, 6.07) is 1.49. The zero-order chi connectivity index (χ0) is 17.6. The third-order valence-corrected chi connectivity index (χ3v) is 6.58. The van der Waals surface area contributed by atoms with Crippen molar-refractivity contribution in [2.45, 2.75) is 108 Å². The maximum absolute atomic E-state index is 9.12. The third-order valence-electron chi connectivity index (χ3n) is 4.73. The number of unbranched alkanes of at least 4 members (excludes halogenated alkanes) is 10. The van der Waals surface area contributed by atoms with Gasteiger partial charge in [-0.1, -0.05) is 96.3 Å². The number of halogens is 1. The molecule has 0 amide bonds. The van der Waals surface area contributed by atoms with Crippen LogP contribution in [0.5, 0.6) is 0 Å². The molecule has 0 bridgehead atoms. The Kier molecular flexibility index (Phi) is 17.3. The maximum atomic E-state index is 9.12. The molecule has 0 spiro atoms. The second kappa shape index (κ2) is 15.6. The molecule has 3 nitrogen and oxygen atoms in total. The third kappa shape index (κ3) is 17.2. The number of aliphatic hydroxyl groups excluding tert-OH is 2. The van der Waals surface area contributed by atoms with E-state index in [0.29, 0.717) is 0 Å². The van der Waals surface area contributed by atoms with Crippen molar-refractivity contribution >= 4 is 20.5 Å². The predicted octanol–water partition coefficient (Wildman–Crippen LogP) is 5.11. The van der Waals surface area contributed by atoms with Gasteiger partial charge in [0.25, 0.3) is 0 Å². The fraction of sp³-hybridized carbons (Fsp3) is 1.00. The summed E-state index contributed by atoms with van der Waals surface area (Å²) in [5.41, 5.74) is 5.08. The molecule has 0 atom stereocenters. The van der Waals surface area contributed by atoms with Gasteiger partial charge in [-0.25, -0.2) is 0 Å². The van der Waals surface area contributed by atoms with Crippen LogP contribution in [0.25, 0.3) is 0 Å². The lowest BCUT2D eigenvalue weighted by Gasteiger charge is -2.24. The van der Waals surface area contributed by atoms with E-state index in [2.05, 4.69) is 19.6 Å². The average molecular weight is 382 g/mol. The fourth-order valence-electron chi connectivity index (χ4n) is 2.93. The predicted molar refractivity (Wildman–Crippen MR) is 112 cm³/mol. The van der Waals surface area contributed by atoms with Gasteiger partial charge in [-0.3, -0.25) is 0 Å². The highest BCUT2D eigenvalue weighted by atomic mass is 35.5. The van der Waals surface area contributed by atoms with Crippen LogP contribution in [-0.2, 0) is 0 Å². The summed E-state index contributed by atoms with van der Waals surface area (Å²) in [7, 11) is -0.807. The van der Waals surface area contributed by atoms with Crippen LogP contribution in [0.3, 0.4) is 0 Å². The van der Waals surface area contributed by atoms with Crippen molar-refractivity contribution in [1.29, 1.82) is 0 Å². The van der Waals surface area contributed by atoms with Crippen molar-refractivity contribution in [3.8, 4) is 0 Å². The first kappa shape index (κ1) is 26.6. The van der Waals surface area contributed by atoms with E-state index in [1.54, 1.807) is 0 Å². The Morgan fingerprint density at radius 1 is 0.667 bits per heavy atom. The van der Waals surface area contributed by atoms with Crippen LogP contribution in [0.2, 0.25) is 25.7 Å². The molecule has 0 saturated carbocycles. The van der Waals surface area contributed by atoms with Gasteiger partial charge in [-0.15, -0.1) is 12.4 Å². The molecule has 0 fully saturated rings. The SMILES string of the molecule is C[Si](C)(C)CCCCCCCCCCCCCC(N)(CO)CO.Cl. The van der Waals surface area contributed by atoms with Crippen molar-refractivity contribution in [3.05, 3.63) is 0 Å². The second-order valence-corrected chi connectivity index (χ2v) is 14.2. The van der Waals surface area contributed by atoms with Crippen molar-refractivity contribution < 1.29 is 10.2 Å². The van der Waals surface area contributed by atoms with E-state index in [-0.39, 0.29) is 25.6 Å². The summed E-state index contributed by atoms with van der Waals surface area (Å²) in [5.74, 6) is 0. The van der Waals surface area contributed by atoms with Gasteiger partial charge in [0.15, 0.2) is 0 Å². The lowest BCUT2D eigenvalue weighted by Crippen LogP contribution is -2.47. The normalized spacial score (nSPS) is 12.2. The van der Waals surface area contributed by atoms with E-state index < -0.39 is 13.6 Å². The largest absolute Gasteiger partial charge is 0.394 e. The molecule has 0 heterocycles. The van der Waals surface area contributed by atoms with Crippen LogP contribution < -0.4 is 5.73 Å². The Hall–Kier alpha value is 0.387. The highest BCUT2D eigenvalue weighted by Crippen LogP contribution is 2.17. The molecule has 0 radical (unpaired) electrons. The minimum Gasteiger partial charge on any atom is -0.394 e. The van der Waals surface area contributed by atoms with Crippen LogP contribution in [-0.4, -0.2) is 37.0 Å². The molecular formula is C19H44ClNO2Si. The van der Waals surface area contributed by atoms with Gasteiger partial charge in [-0.05, 0) is 6.42 Å². The molecule has 0 aromatic heterocycles. The molecule has 0 rings (SSSR count). The zero-order valence-electron chi connectivity index (χ0n) is 16.5. The van der Waals surface area contributed by atoms with E-state index in [0.717, 1.165) is 19.3 Å². The molecule has 0 aliphatic rings. The van der Waals surface area contributed by atoms with Gasteiger partial charge in [-0.2, -0.15) is 0 Å². The van der Waals surface area contributed by atoms with Gasteiger partial charge in [0.05, 0.1) is 18.8 Å². The minimum absolute atomic E-state index is 0. The first-order valence-corrected chi connectivity index (χ1v) is 13.5. The van der Waals surface area contributed by atoms with Crippen molar-refractivity contribution in [2.75, 3.05) is 13.2 Å². The summed E-state index contributed by atoms with van der Waals surface area (Å²) >= 11 is 0. The van der Waals surface area contributed by atoms with E-state index in [1.165, 1.54) is 63.8 Å². The van der Waals surface area contributed by atoms with Gasteiger partial charge < -0.3 is 15.9 Å². The Bertz CT molecular complexity index is 269. The first-order chi connectivity index (χ1) is 10.8. The molecule has 148 valence electrons. The van der Waals surface area contributed by atoms with Crippen LogP contribution >= 0.6 is 12.4 Å². The Balaban J connectivity index is 0. The number of hydrogen-bond acceptors (Lipinski definition) is 3. The summed E-state index contributed by atoms with van der Waals surface area (Å²) in [4.78, 5) is 0. The minimum atomic E-state index is -0.807. The number of hydrogen-bond donors (Lipinski definition) is 3. The second-order valence-electron chi connectivity index (χ2n) is 8.63. The number of rotatable bonds is 16. The number of nitrogens with two attached hydrogens (primary N) is 1. The van der Waals surface area contributed by atoms with Crippen molar-refractivity contribution in [1.82, 2.24) is 0 Å². The van der Waals surface area contributed by atoms with Gasteiger partial charge in [0.2, 0.25) is 0 Å². The Labute approximate surface area is 158 Å². The smallest absolute Gasteiger partial charge is 0.0633 e. The Morgan fingerprint density at radius 3 is 1.33 bits per heavy atom. The monoisotopic (exact) mass is 381 g/mol. The van der Waals surface area contributed by atoms with E-state index in [1.807, 2.05) is 0 Å². The molecule has 5 heteroatoms.